The highest BCUT2D eigenvalue weighted by Gasteiger charge is 2.47. The molecule has 0 atom stereocenters. The zero-order valence-corrected chi connectivity index (χ0v) is 13.2. The van der Waals surface area contributed by atoms with Crippen molar-refractivity contribution >= 4 is 0 Å². The molecule has 1 N–H and O–H groups in total. The minimum atomic E-state index is -0.204. The van der Waals surface area contributed by atoms with E-state index in [1.807, 2.05) is 0 Å². The number of nitrogens with one attached hydrogen (secondary N) is 1. The first-order valence-electron chi connectivity index (χ1n) is 9.08. The van der Waals surface area contributed by atoms with Crippen molar-refractivity contribution in [1.29, 1.82) is 0 Å². The zero-order chi connectivity index (χ0) is 14.2. The largest absolute Gasteiger partial charge is 0.348 e. The Morgan fingerprint density at radius 3 is 2.33 bits per heavy atom. The molecule has 21 heavy (non-hydrogen) atoms. The number of hydrogen-bond donors (Lipinski definition) is 1. The molecule has 2 aliphatic heterocycles. The third kappa shape index (κ3) is 2.65. The van der Waals surface area contributed by atoms with E-state index in [-0.39, 0.29) is 5.79 Å². The maximum Gasteiger partial charge on any atom is 0.168 e. The van der Waals surface area contributed by atoms with Crippen LogP contribution >= 0.6 is 0 Å². The van der Waals surface area contributed by atoms with Gasteiger partial charge in [-0.1, -0.05) is 19.3 Å². The summed E-state index contributed by atoms with van der Waals surface area (Å²) >= 11 is 0. The number of rotatable bonds is 1. The summed E-state index contributed by atoms with van der Waals surface area (Å²) in [6, 6.07) is 0.753. The first kappa shape index (κ1) is 14.4. The lowest BCUT2D eigenvalue weighted by Gasteiger charge is -2.54. The van der Waals surface area contributed by atoms with Crippen LogP contribution in [0.5, 0.6) is 0 Å². The topological polar surface area (TPSA) is 33.7 Å². The highest BCUT2D eigenvalue weighted by atomic mass is 16.7. The van der Waals surface area contributed by atoms with Gasteiger partial charge in [0.2, 0.25) is 0 Å². The fourth-order valence-corrected chi connectivity index (χ4v) is 5.24. The summed E-state index contributed by atoms with van der Waals surface area (Å²) in [4.78, 5) is 2.89. The molecule has 0 amide bonds. The van der Waals surface area contributed by atoms with Crippen LogP contribution in [0.15, 0.2) is 0 Å². The van der Waals surface area contributed by atoms with Crippen LogP contribution in [0, 0.1) is 0 Å². The van der Waals surface area contributed by atoms with E-state index in [2.05, 4.69) is 10.2 Å². The Balaban J connectivity index is 1.44. The Labute approximate surface area is 128 Å². The Kier molecular flexibility index (Phi) is 3.99. The molecule has 2 spiro atoms. The summed E-state index contributed by atoms with van der Waals surface area (Å²) in [5.74, 6) is -0.204. The number of hydrogen-bond acceptors (Lipinski definition) is 4. The average Bonchev–Trinajstić information content (AvgIpc) is 2.98. The molecule has 4 fully saturated rings. The summed E-state index contributed by atoms with van der Waals surface area (Å²) in [7, 11) is 0. The van der Waals surface area contributed by atoms with Crippen molar-refractivity contribution in [2.24, 2.45) is 0 Å². The highest BCUT2D eigenvalue weighted by molar-refractivity contribution is 5.01. The molecule has 4 heteroatoms. The van der Waals surface area contributed by atoms with E-state index in [4.69, 9.17) is 9.47 Å². The van der Waals surface area contributed by atoms with Gasteiger partial charge in [0.05, 0.1) is 13.2 Å². The molecule has 0 bridgehead atoms. The van der Waals surface area contributed by atoms with Crippen molar-refractivity contribution in [3.8, 4) is 0 Å². The molecule has 0 unspecified atom stereocenters. The quantitative estimate of drug-likeness (QED) is 0.804. The second kappa shape index (κ2) is 5.80. The van der Waals surface area contributed by atoms with Crippen molar-refractivity contribution in [2.75, 3.05) is 32.8 Å². The van der Waals surface area contributed by atoms with Crippen molar-refractivity contribution in [1.82, 2.24) is 10.2 Å². The van der Waals surface area contributed by atoms with Gasteiger partial charge in [0.25, 0.3) is 0 Å². The van der Waals surface area contributed by atoms with Crippen molar-refractivity contribution in [3.05, 3.63) is 0 Å². The molecular formula is C17H30N2O2. The van der Waals surface area contributed by atoms with Gasteiger partial charge in [-0.25, -0.2) is 0 Å². The van der Waals surface area contributed by atoms with E-state index >= 15 is 0 Å². The van der Waals surface area contributed by atoms with Crippen LogP contribution in [0.25, 0.3) is 0 Å². The van der Waals surface area contributed by atoms with Crippen LogP contribution in [-0.4, -0.2) is 55.1 Å². The van der Waals surface area contributed by atoms with E-state index in [9.17, 15) is 0 Å². The van der Waals surface area contributed by atoms with Crippen LogP contribution in [0.2, 0.25) is 0 Å². The monoisotopic (exact) mass is 294 g/mol. The van der Waals surface area contributed by atoms with Crippen molar-refractivity contribution in [2.45, 2.75) is 75.2 Å². The van der Waals surface area contributed by atoms with Gasteiger partial charge in [-0.3, -0.25) is 4.90 Å². The van der Waals surface area contributed by atoms with Gasteiger partial charge in [-0.15, -0.1) is 0 Å². The molecule has 2 saturated carbocycles. The Hall–Kier alpha value is -0.160. The third-order valence-corrected chi connectivity index (χ3v) is 6.35. The molecule has 120 valence electrons. The first-order valence-corrected chi connectivity index (χ1v) is 9.08. The third-order valence-electron chi connectivity index (χ3n) is 6.35. The molecule has 4 aliphatic rings. The van der Waals surface area contributed by atoms with Crippen LogP contribution in [0.1, 0.15) is 57.8 Å². The molecular weight excluding hydrogens is 264 g/mol. The smallest absolute Gasteiger partial charge is 0.168 e. The predicted molar refractivity (Wildman–Crippen MR) is 82.3 cm³/mol. The van der Waals surface area contributed by atoms with Crippen molar-refractivity contribution in [3.63, 3.8) is 0 Å². The lowest BCUT2D eigenvalue weighted by atomic mass is 9.76. The zero-order valence-electron chi connectivity index (χ0n) is 13.2. The molecule has 2 heterocycles. The molecule has 4 nitrogen and oxygen atoms in total. The Morgan fingerprint density at radius 1 is 0.905 bits per heavy atom. The molecule has 0 radical (unpaired) electrons. The summed E-state index contributed by atoms with van der Waals surface area (Å²) < 4.78 is 11.8. The minimum Gasteiger partial charge on any atom is -0.348 e. The van der Waals surface area contributed by atoms with Gasteiger partial charge in [-0.2, -0.15) is 0 Å². The number of piperazine rings is 1. The van der Waals surface area contributed by atoms with E-state index in [0.29, 0.717) is 5.54 Å². The normalized spacial score (nSPS) is 33.7. The Bertz CT molecular complexity index is 344. The summed E-state index contributed by atoms with van der Waals surface area (Å²) in [5, 5.41) is 3.67. The summed E-state index contributed by atoms with van der Waals surface area (Å²) in [6.07, 6.45) is 11.8. The summed E-state index contributed by atoms with van der Waals surface area (Å²) in [5.41, 5.74) is 0.461. The standard InChI is InChI=1S/C17H30N2O2/c1-2-6-16(7-3-1)14-18-10-11-19(16)15-4-8-17(9-5-15)20-12-13-21-17/h15,18H,1-14H2. The fraction of sp³-hybridized carbons (Fsp3) is 1.00. The predicted octanol–water partition coefficient (Wildman–Crippen LogP) is 2.28. The van der Waals surface area contributed by atoms with Gasteiger partial charge in [0.1, 0.15) is 0 Å². The van der Waals surface area contributed by atoms with Crippen LogP contribution in [0.3, 0.4) is 0 Å². The Morgan fingerprint density at radius 2 is 1.62 bits per heavy atom. The number of ether oxygens (including phenoxy) is 2. The molecule has 0 aromatic heterocycles. The molecule has 2 aliphatic carbocycles. The molecule has 0 aromatic rings. The van der Waals surface area contributed by atoms with Crippen LogP contribution in [0.4, 0.5) is 0 Å². The maximum atomic E-state index is 5.90. The van der Waals surface area contributed by atoms with Gasteiger partial charge in [0, 0.05) is 44.1 Å². The van der Waals surface area contributed by atoms with E-state index in [1.165, 1.54) is 58.0 Å². The second-order valence-electron chi connectivity index (χ2n) is 7.49. The van der Waals surface area contributed by atoms with E-state index in [0.717, 1.165) is 38.6 Å². The molecule has 0 aromatic carbocycles. The fourth-order valence-electron chi connectivity index (χ4n) is 5.24. The minimum absolute atomic E-state index is 0.204. The highest BCUT2D eigenvalue weighted by Crippen LogP contribution is 2.42. The maximum absolute atomic E-state index is 5.90. The second-order valence-corrected chi connectivity index (χ2v) is 7.49. The van der Waals surface area contributed by atoms with Crippen LogP contribution < -0.4 is 5.32 Å². The SMILES string of the molecule is C1CCC2(CC1)CNCCN2C1CCC2(CC1)OCCO2. The van der Waals surface area contributed by atoms with Gasteiger partial charge in [0.15, 0.2) is 5.79 Å². The van der Waals surface area contributed by atoms with Crippen molar-refractivity contribution < 1.29 is 9.47 Å². The van der Waals surface area contributed by atoms with E-state index < -0.39 is 0 Å². The van der Waals surface area contributed by atoms with Gasteiger partial charge >= 0.3 is 0 Å². The average molecular weight is 294 g/mol. The lowest BCUT2D eigenvalue weighted by molar-refractivity contribution is -0.188. The first-order chi connectivity index (χ1) is 10.3. The molecule has 2 saturated heterocycles. The molecule has 4 rings (SSSR count). The van der Waals surface area contributed by atoms with Crippen LogP contribution in [-0.2, 0) is 9.47 Å². The summed E-state index contributed by atoms with van der Waals surface area (Å²) in [6.45, 7) is 5.20. The number of nitrogens with zero attached hydrogens (tertiary/aromatic N) is 1. The van der Waals surface area contributed by atoms with Gasteiger partial charge < -0.3 is 14.8 Å². The lowest BCUT2D eigenvalue weighted by Crippen LogP contribution is -2.65. The van der Waals surface area contributed by atoms with E-state index in [1.54, 1.807) is 0 Å². The van der Waals surface area contributed by atoms with Gasteiger partial charge in [-0.05, 0) is 25.7 Å².